The number of benzene rings is 1. The van der Waals surface area contributed by atoms with Crippen molar-refractivity contribution in [1.29, 1.82) is 0 Å². The van der Waals surface area contributed by atoms with Crippen LogP contribution in [0.25, 0.3) is 27.0 Å². The maximum atomic E-state index is 11.9. The molecule has 7 heteroatoms. The zero-order chi connectivity index (χ0) is 18.0. The average molecular weight is 337 g/mol. The van der Waals surface area contributed by atoms with E-state index in [1.54, 1.807) is 26.8 Å². The summed E-state index contributed by atoms with van der Waals surface area (Å²) in [5.74, 6) is -0.260. The first-order chi connectivity index (χ1) is 11.9. The summed E-state index contributed by atoms with van der Waals surface area (Å²) in [6.07, 6.45) is -0.942. The molecule has 2 aromatic heterocycles. The van der Waals surface area contributed by atoms with Gasteiger partial charge in [-0.05, 0) is 32.9 Å². The number of fused-ring (bicyclic) bond motifs is 1. The van der Waals surface area contributed by atoms with Gasteiger partial charge in [-0.2, -0.15) is 0 Å². The highest BCUT2D eigenvalue weighted by Crippen LogP contribution is 2.38. The predicted molar refractivity (Wildman–Crippen MR) is 90.4 cm³/mol. The van der Waals surface area contributed by atoms with Crippen LogP contribution in [0.1, 0.15) is 20.8 Å². The first-order valence-electron chi connectivity index (χ1n) is 7.51. The Bertz CT molecular complexity index is 980. The topological polar surface area (TPSA) is 78.8 Å². The van der Waals surface area contributed by atoms with Crippen molar-refractivity contribution in [1.82, 2.24) is 10.1 Å². The molecule has 0 saturated heterocycles. The Morgan fingerprint density at radius 2 is 1.96 bits per heavy atom. The maximum Gasteiger partial charge on any atom is 0.516 e. The number of carbonyl (C=O) groups is 1. The first-order valence-corrected chi connectivity index (χ1v) is 7.51. The minimum absolute atomic E-state index is 0.0404. The van der Waals surface area contributed by atoms with E-state index in [1.807, 2.05) is 30.3 Å². The zero-order valence-corrected chi connectivity index (χ0v) is 13.9. The third-order valence-corrected chi connectivity index (χ3v) is 3.17. The van der Waals surface area contributed by atoms with Gasteiger partial charge in [0.05, 0.1) is 16.4 Å². The van der Waals surface area contributed by atoms with Crippen LogP contribution in [-0.2, 0) is 4.74 Å². The van der Waals surface area contributed by atoms with Crippen molar-refractivity contribution in [2.24, 2.45) is 0 Å². The van der Waals surface area contributed by atoms with E-state index in [2.05, 4.69) is 15.0 Å². The number of pyridine rings is 1. The van der Waals surface area contributed by atoms with Gasteiger partial charge in [0.1, 0.15) is 11.2 Å². The first kappa shape index (κ1) is 16.5. The third kappa shape index (κ3) is 3.58. The molecule has 0 radical (unpaired) electrons. The zero-order valence-electron chi connectivity index (χ0n) is 13.9. The second-order valence-corrected chi connectivity index (χ2v) is 6.24. The van der Waals surface area contributed by atoms with Crippen molar-refractivity contribution in [3.05, 3.63) is 47.8 Å². The molecule has 0 fully saturated rings. The van der Waals surface area contributed by atoms with Gasteiger partial charge in [-0.3, -0.25) is 0 Å². The Morgan fingerprint density at radius 3 is 2.68 bits per heavy atom. The fourth-order valence-corrected chi connectivity index (χ4v) is 2.18. The number of nitrogens with zero attached hydrogens (tertiary/aromatic N) is 3. The van der Waals surface area contributed by atoms with Crippen LogP contribution in [0.3, 0.4) is 0 Å². The monoisotopic (exact) mass is 337 g/mol. The van der Waals surface area contributed by atoms with Gasteiger partial charge in [0.15, 0.2) is 0 Å². The van der Waals surface area contributed by atoms with Gasteiger partial charge in [0.25, 0.3) is 0 Å². The van der Waals surface area contributed by atoms with E-state index in [0.717, 1.165) is 10.9 Å². The Labute approximate surface area is 144 Å². The van der Waals surface area contributed by atoms with Crippen LogP contribution in [0.2, 0.25) is 0 Å². The molecule has 2 heterocycles. The number of para-hydroxylation sites is 1. The summed E-state index contributed by atoms with van der Waals surface area (Å²) in [5.41, 5.74) is 0.651. The average Bonchev–Trinajstić information content (AvgIpc) is 2.95. The molecule has 0 aliphatic rings. The fraction of sp³-hybridized carbons (Fsp3) is 0.222. The Morgan fingerprint density at radius 1 is 1.20 bits per heavy atom. The van der Waals surface area contributed by atoms with Crippen molar-refractivity contribution in [3.8, 4) is 17.2 Å². The van der Waals surface area contributed by atoms with E-state index in [9.17, 15) is 4.79 Å². The SMILES string of the molecule is [C-]#[N+]c1noc(OC(=O)OC(C)(C)C)c1-c1ccc2ccccc2n1. The van der Waals surface area contributed by atoms with Crippen molar-refractivity contribution >= 4 is 22.9 Å². The van der Waals surface area contributed by atoms with Crippen molar-refractivity contribution < 1.29 is 18.8 Å². The molecule has 0 aliphatic heterocycles. The largest absolute Gasteiger partial charge is 0.516 e. The Hall–Kier alpha value is -3.40. The lowest BCUT2D eigenvalue weighted by Gasteiger charge is -2.17. The molecule has 3 rings (SSSR count). The number of hydrogen-bond acceptors (Lipinski definition) is 6. The summed E-state index contributed by atoms with van der Waals surface area (Å²) < 4.78 is 15.2. The molecule has 3 aromatic rings. The van der Waals surface area contributed by atoms with Gasteiger partial charge in [-0.1, -0.05) is 30.8 Å². The molecule has 25 heavy (non-hydrogen) atoms. The smallest absolute Gasteiger partial charge is 0.428 e. The minimum Gasteiger partial charge on any atom is -0.428 e. The molecule has 0 aliphatic carbocycles. The van der Waals surface area contributed by atoms with Crippen LogP contribution in [-0.4, -0.2) is 21.9 Å². The predicted octanol–water partition coefficient (Wildman–Crippen LogP) is 4.75. The number of aromatic nitrogens is 2. The molecule has 0 N–H and O–H groups in total. The molecule has 0 saturated carbocycles. The lowest BCUT2D eigenvalue weighted by atomic mass is 10.1. The fourth-order valence-electron chi connectivity index (χ4n) is 2.18. The summed E-state index contributed by atoms with van der Waals surface area (Å²) >= 11 is 0. The van der Waals surface area contributed by atoms with Gasteiger partial charge < -0.3 is 14.3 Å². The summed E-state index contributed by atoms with van der Waals surface area (Å²) in [6, 6.07) is 11.1. The molecular formula is C18H15N3O4. The molecular weight excluding hydrogens is 322 g/mol. The summed E-state index contributed by atoms with van der Waals surface area (Å²) in [4.78, 5) is 19.7. The molecule has 0 spiro atoms. The lowest BCUT2D eigenvalue weighted by Crippen LogP contribution is -2.26. The van der Waals surface area contributed by atoms with Crippen LogP contribution in [0.4, 0.5) is 10.6 Å². The summed E-state index contributed by atoms with van der Waals surface area (Å²) in [5, 5.41) is 4.58. The second-order valence-electron chi connectivity index (χ2n) is 6.24. The Balaban J connectivity index is 2.01. The van der Waals surface area contributed by atoms with Gasteiger partial charge in [-0.25, -0.2) is 14.3 Å². The second kappa shape index (κ2) is 6.24. The third-order valence-electron chi connectivity index (χ3n) is 3.17. The highest BCUT2D eigenvalue weighted by Gasteiger charge is 2.27. The number of ether oxygens (including phenoxy) is 2. The lowest BCUT2D eigenvalue weighted by molar-refractivity contribution is 0.0148. The molecule has 0 atom stereocenters. The number of carbonyl (C=O) groups excluding carboxylic acids is 1. The number of rotatable bonds is 2. The highest BCUT2D eigenvalue weighted by atomic mass is 16.8. The molecule has 7 nitrogen and oxygen atoms in total. The van der Waals surface area contributed by atoms with E-state index >= 15 is 0 Å². The van der Waals surface area contributed by atoms with Gasteiger partial charge in [0, 0.05) is 5.39 Å². The van der Waals surface area contributed by atoms with Crippen LogP contribution < -0.4 is 4.74 Å². The van der Waals surface area contributed by atoms with E-state index in [0.29, 0.717) is 5.69 Å². The summed E-state index contributed by atoms with van der Waals surface area (Å²) in [7, 11) is 0. The Kier molecular flexibility index (Phi) is 4.11. The maximum absolute atomic E-state index is 11.9. The van der Waals surface area contributed by atoms with Crippen LogP contribution in [0, 0.1) is 6.57 Å². The quantitative estimate of drug-likeness (QED) is 0.496. The van der Waals surface area contributed by atoms with Gasteiger partial charge in [0.2, 0.25) is 0 Å². The molecule has 0 bridgehead atoms. The van der Waals surface area contributed by atoms with E-state index in [4.69, 9.17) is 20.6 Å². The molecule has 126 valence electrons. The standard InChI is InChI=1S/C18H15N3O4/c1-18(2,3)24-17(22)23-16-14(15(19-4)21-25-16)13-10-9-11-7-5-6-8-12(11)20-13/h5-10H,1-3H3. The van der Waals surface area contributed by atoms with E-state index < -0.39 is 11.8 Å². The van der Waals surface area contributed by atoms with E-state index in [1.165, 1.54) is 0 Å². The summed E-state index contributed by atoms with van der Waals surface area (Å²) in [6.45, 7) is 12.4. The minimum atomic E-state index is -0.942. The normalized spacial score (nSPS) is 11.1. The van der Waals surface area contributed by atoms with Crippen LogP contribution >= 0.6 is 0 Å². The van der Waals surface area contributed by atoms with Gasteiger partial charge >= 0.3 is 17.9 Å². The van der Waals surface area contributed by atoms with Crippen LogP contribution in [0.15, 0.2) is 40.9 Å². The van der Waals surface area contributed by atoms with Gasteiger partial charge in [-0.15, -0.1) is 0 Å². The number of hydrogen-bond donors (Lipinski definition) is 0. The molecule has 0 unspecified atom stereocenters. The van der Waals surface area contributed by atoms with E-state index in [-0.39, 0.29) is 17.3 Å². The van der Waals surface area contributed by atoms with Crippen molar-refractivity contribution in [3.63, 3.8) is 0 Å². The molecule has 1 aromatic carbocycles. The van der Waals surface area contributed by atoms with Crippen molar-refractivity contribution in [2.45, 2.75) is 26.4 Å². The highest BCUT2D eigenvalue weighted by molar-refractivity contribution is 5.85. The van der Waals surface area contributed by atoms with Crippen molar-refractivity contribution in [2.75, 3.05) is 0 Å². The molecule has 0 amide bonds. The van der Waals surface area contributed by atoms with Crippen LogP contribution in [0.5, 0.6) is 5.95 Å².